The van der Waals surface area contributed by atoms with Crippen LogP contribution in [-0.2, 0) is 19.4 Å². The van der Waals surface area contributed by atoms with Crippen molar-refractivity contribution in [3.05, 3.63) is 86.9 Å². The van der Waals surface area contributed by atoms with Gasteiger partial charge in [-0.25, -0.2) is 0 Å². The van der Waals surface area contributed by atoms with Crippen molar-refractivity contribution in [1.82, 2.24) is 4.57 Å². The predicted octanol–water partition coefficient (Wildman–Crippen LogP) is 6.37. The molecule has 5 rings (SSSR count). The first-order chi connectivity index (χ1) is 15.6. The molecular formula is C27H25N3OS. The number of nitrogens with one attached hydrogen (secondary N) is 1. The number of amides is 1. The Bertz CT molecular complexity index is 1370. The van der Waals surface area contributed by atoms with Gasteiger partial charge < -0.3 is 9.88 Å². The van der Waals surface area contributed by atoms with Gasteiger partial charge in [0.05, 0.1) is 5.56 Å². The van der Waals surface area contributed by atoms with Crippen molar-refractivity contribution in [1.29, 1.82) is 5.26 Å². The average molecular weight is 440 g/mol. The van der Waals surface area contributed by atoms with E-state index in [1.807, 2.05) is 24.3 Å². The molecule has 0 bridgehead atoms. The molecule has 1 aliphatic rings. The highest BCUT2D eigenvalue weighted by atomic mass is 32.1. The van der Waals surface area contributed by atoms with Gasteiger partial charge in [0.1, 0.15) is 11.1 Å². The smallest absolute Gasteiger partial charge is 0.256 e. The standard InChI is InChI=1S/C27H25N3OS/c1-17-18(2)30(16-19-8-4-3-5-9-19)24-13-12-20(14-22(17)24)26(31)29-27-23(15-28)21-10-6-7-11-25(21)32-27/h3-5,8-9,12-14H,6-7,10-11,16H2,1-2H3,(H,29,31). The van der Waals surface area contributed by atoms with Gasteiger partial charge in [0.25, 0.3) is 5.91 Å². The molecule has 2 aromatic heterocycles. The van der Waals surface area contributed by atoms with E-state index in [9.17, 15) is 10.1 Å². The third kappa shape index (κ3) is 3.51. The number of rotatable bonds is 4. The number of nitrogens with zero attached hydrogens (tertiary/aromatic N) is 2. The molecule has 1 aliphatic carbocycles. The van der Waals surface area contributed by atoms with E-state index in [1.54, 1.807) is 11.3 Å². The monoisotopic (exact) mass is 439 g/mol. The number of benzene rings is 2. The Morgan fingerprint density at radius 3 is 2.69 bits per heavy atom. The third-order valence-corrected chi connectivity index (χ3v) is 7.80. The van der Waals surface area contributed by atoms with E-state index in [0.717, 1.165) is 48.7 Å². The zero-order valence-corrected chi connectivity index (χ0v) is 19.2. The number of hydrogen-bond acceptors (Lipinski definition) is 3. The van der Waals surface area contributed by atoms with E-state index in [1.165, 1.54) is 21.7 Å². The number of aromatic nitrogens is 1. The van der Waals surface area contributed by atoms with E-state index in [-0.39, 0.29) is 5.91 Å². The lowest BCUT2D eigenvalue weighted by Gasteiger charge is -2.09. The van der Waals surface area contributed by atoms with Crippen LogP contribution in [0.2, 0.25) is 0 Å². The van der Waals surface area contributed by atoms with Crippen LogP contribution in [0, 0.1) is 25.2 Å². The number of carbonyl (C=O) groups is 1. The second kappa shape index (κ2) is 8.29. The second-order valence-electron chi connectivity index (χ2n) is 8.50. The third-order valence-electron chi connectivity index (χ3n) is 6.59. The number of aryl methyl sites for hydroxylation is 2. The summed E-state index contributed by atoms with van der Waals surface area (Å²) in [5.74, 6) is -0.158. The summed E-state index contributed by atoms with van der Waals surface area (Å²) in [6.07, 6.45) is 4.20. The van der Waals surface area contributed by atoms with Gasteiger partial charge in [-0.3, -0.25) is 4.79 Å². The van der Waals surface area contributed by atoms with Gasteiger partial charge in [-0.1, -0.05) is 30.3 Å². The maximum absolute atomic E-state index is 13.1. The molecule has 2 heterocycles. The molecule has 2 aromatic carbocycles. The molecule has 0 unspecified atom stereocenters. The molecule has 4 nitrogen and oxygen atoms in total. The summed E-state index contributed by atoms with van der Waals surface area (Å²) in [4.78, 5) is 14.4. The van der Waals surface area contributed by atoms with Crippen molar-refractivity contribution in [3.8, 4) is 6.07 Å². The summed E-state index contributed by atoms with van der Waals surface area (Å²) in [7, 11) is 0. The van der Waals surface area contributed by atoms with Crippen molar-refractivity contribution in [2.24, 2.45) is 0 Å². The first-order valence-corrected chi connectivity index (χ1v) is 11.9. The Morgan fingerprint density at radius 2 is 1.91 bits per heavy atom. The highest BCUT2D eigenvalue weighted by Gasteiger charge is 2.22. The molecule has 0 fully saturated rings. The average Bonchev–Trinajstić information content (AvgIpc) is 3.29. The molecule has 0 spiro atoms. The summed E-state index contributed by atoms with van der Waals surface area (Å²) in [5, 5.41) is 14.5. The molecule has 0 aliphatic heterocycles. The molecule has 4 aromatic rings. The Morgan fingerprint density at radius 1 is 1.12 bits per heavy atom. The van der Waals surface area contributed by atoms with Crippen molar-refractivity contribution < 1.29 is 4.79 Å². The highest BCUT2D eigenvalue weighted by molar-refractivity contribution is 7.16. The van der Waals surface area contributed by atoms with Crippen LogP contribution < -0.4 is 5.32 Å². The topological polar surface area (TPSA) is 57.8 Å². The van der Waals surface area contributed by atoms with Crippen LogP contribution in [0.3, 0.4) is 0 Å². The van der Waals surface area contributed by atoms with E-state index in [2.05, 4.69) is 54.1 Å². The quantitative estimate of drug-likeness (QED) is 0.402. The Kier molecular flexibility index (Phi) is 5.32. The largest absolute Gasteiger partial charge is 0.340 e. The maximum Gasteiger partial charge on any atom is 0.256 e. The first kappa shape index (κ1) is 20.5. The van der Waals surface area contributed by atoms with Crippen molar-refractivity contribution >= 4 is 33.1 Å². The van der Waals surface area contributed by atoms with Crippen molar-refractivity contribution in [2.45, 2.75) is 46.1 Å². The SMILES string of the molecule is Cc1c(C)n(Cc2ccccc2)c2ccc(C(=O)Nc3sc4c(c3C#N)CCCC4)cc12. The van der Waals surface area contributed by atoms with E-state index in [4.69, 9.17) is 0 Å². The molecule has 0 saturated heterocycles. The first-order valence-electron chi connectivity index (χ1n) is 11.1. The van der Waals surface area contributed by atoms with E-state index in [0.29, 0.717) is 16.1 Å². The van der Waals surface area contributed by atoms with Crippen LogP contribution in [-0.4, -0.2) is 10.5 Å². The minimum atomic E-state index is -0.158. The van der Waals surface area contributed by atoms with Gasteiger partial charge in [-0.15, -0.1) is 11.3 Å². The van der Waals surface area contributed by atoms with Crippen LogP contribution in [0.25, 0.3) is 10.9 Å². The molecule has 32 heavy (non-hydrogen) atoms. The van der Waals surface area contributed by atoms with Gasteiger partial charge in [-0.2, -0.15) is 5.26 Å². The summed E-state index contributed by atoms with van der Waals surface area (Å²) in [5.41, 5.74) is 7.19. The minimum absolute atomic E-state index is 0.158. The van der Waals surface area contributed by atoms with E-state index >= 15 is 0 Å². The number of fused-ring (bicyclic) bond motifs is 2. The number of anilines is 1. The number of carbonyl (C=O) groups excluding carboxylic acids is 1. The van der Waals surface area contributed by atoms with Gasteiger partial charge >= 0.3 is 0 Å². The fourth-order valence-corrected chi connectivity index (χ4v) is 5.94. The lowest BCUT2D eigenvalue weighted by atomic mass is 9.96. The molecule has 5 heteroatoms. The van der Waals surface area contributed by atoms with Crippen LogP contribution in [0.4, 0.5) is 5.00 Å². The highest BCUT2D eigenvalue weighted by Crippen LogP contribution is 2.38. The number of nitriles is 1. The van der Waals surface area contributed by atoms with Crippen LogP contribution in [0.15, 0.2) is 48.5 Å². The summed E-state index contributed by atoms with van der Waals surface area (Å²) in [6, 6.07) is 18.6. The molecule has 160 valence electrons. The molecule has 0 atom stereocenters. The zero-order chi connectivity index (χ0) is 22.2. The predicted molar refractivity (Wildman–Crippen MR) is 131 cm³/mol. The summed E-state index contributed by atoms with van der Waals surface area (Å²) < 4.78 is 2.31. The second-order valence-corrected chi connectivity index (χ2v) is 9.60. The number of hydrogen-bond donors (Lipinski definition) is 1. The van der Waals surface area contributed by atoms with Gasteiger partial charge in [0.15, 0.2) is 0 Å². The van der Waals surface area contributed by atoms with Crippen LogP contribution in [0.5, 0.6) is 0 Å². The Balaban J connectivity index is 1.47. The normalized spacial score (nSPS) is 13.0. The summed E-state index contributed by atoms with van der Waals surface area (Å²) >= 11 is 1.57. The minimum Gasteiger partial charge on any atom is -0.340 e. The maximum atomic E-state index is 13.1. The number of thiophene rings is 1. The molecule has 0 radical (unpaired) electrons. The van der Waals surface area contributed by atoms with Gasteiger partial charge in [-0.05, 0) is 74.4 Å². The Labute approximate surface area is 192 Å². The lowest BCUT2D eigenvalue weighted by molar-refractivity contribution is 0.102. The molecule has 0 saturated carbocycles. The van der Waals surface area contributed by atoms with Gasteiger partial charge in [0.2, 0.25) is 0 Å². The van der Waals surface area contributed by atoms with Crippen LogP contribution in [0.1, 0.15) is 56.0 Å². The molecule has 1 amide bonds. The Hall–Kier alpha value is -3.36. The molecule has 1 N–H and O–H groups in total. The lowest BCUT2D eigenvalue weighted by Crippen LogP contribution is -2.12. The molecular weight excluding hydrogens is 414 g/mol. The van der Waals surface area contributed by atoms with E-state index < -0.39 is 0 Å². The van der Waals surface area contributed by atoms with Crippen molar-refractivity contribution in [2.75, 3.05) is 5.32 Å². The fourth-order valence-electron chi connectivity index (χ4n) is 4.71. The van der Waals surface area contributed by atoms with Crippen LogP contribution >= 0.6 is 11.3 Å². The van der Waals surface area contributed by atoms with Gasteiger partial charge in [0, 0.05) is 33.6 Å². The van der Waals surface area contributed by atoms with Crippen molar-refractivity contribution in [3.63, 3.8) is 0 Å². The summed E-state index contributed by atoms with van der Waals surface area (Å²) in [6.45, 7) is 5.05. The fraction of sp³-hybridized carbons (Fsp3) is 0.259. The zero-order valence-electron chi connectivity index (χ0n) is 18.4.